The molecule has 3 aromatic heterocycles. The second kappa shape index (κ2) is 17.8. The van der Waals surface area contributed by atoms with E-state index in [0.29, 0.717) is 47.5 Å². The van der Waals surface area contributed by atoms with Crippen LogP contribution in [-0.4, -0.2) is 87.0 Å². The van der Waals surface area contributed by atoms with E-state index in [1.54, 1.807) is 30.5 Å². The highest BCUT2D eigenvalue weighted by Gasteiger charge is 2.50. The largest absolute Gasteiger partial charge is 0.455 e. The minimum atomic E-state index is -4.61. The molecule has 2 aromatic carbocycles. The number of amides is 1. The number of piperidine rings is 1. The van der Waals surface area contributed by atoms with E-state index in [2.05, 4.69) is 66.0 Å². The van der Waals surface area contributed by atoms with Gasteiger partial charge in [0.05, 0.1) is 22.9 Å². The SMILES string of the molecule is CC1CCC(CNc2ncc(S(=O)(=O)NC(=O)c3ccc(N4CCC5(CC4)CC(N4CCS(=O)C[C@H]4c4ccccc4C4CC4)C5)cc3Oc3cnc4[nH]ccc4c3)cc2[N+](=O)[O-])CC1. The first kappa shape index (κ1) is 43.5. The third-order valence-electron chi connectivity index (χ3n) is 14.8. The van der Waals surface area contributed by atoms with Crippen molar-refractivity contribution >= 4 is 55.0 Å². The van der Waals surface area contributed by atoms with Crippen LogP contribution in [0.25, 0.3) is 11.0 Å². The van der Waals surface area contributed by atoms with Crippen molar-refractivity contribution in [2.24, 2.45) is 17.3 Å². The van der Waals surface area contributed by atoms with Gasteiger partial charge in [0.2, 0.25) is 5.82 Å². The van der Waals surface area contributed by atoms with Crippen LogP contribution in [0.2, 0.25) is 0 Å². The Bertz CT molecular complexity index is 2740. The summed E-state index contributed by atoms with van der Waals surface area (Å²) in [6.45, 7) is 5.18. The Kier molecular flexibility index (Phi) is 11.9. The average molecular weight is 921 g/mol. The van der Waals surface area contributed by atoms with E-state index in [-0.39, 0.29) is 28.6 Å². The molecule has 1 spiro atoms. The van der Waals surface area contributed by atoms with Gasteiger partial charge >= 0.3 is 5.69 Å². The number of aromatic nitrogens is 3. The van der Waals surface area contributed by atoms with Gasteiger partial charge in [-0.1, -0.05) is 44.0 Å². The molecule has 17 heteroatoms. The summed E-state index contributed by atoms with van der Waals surface area (Å²) in [5, 5.41) is 16.0. The molecule has 10 rings (SSSR count). The summed E-state index contributed by atoms with van der Waals surface area (Å²) >= 11 is 0. The molecule has 5 heterocycles. The summed E-state index contributed by atoms with van der Waals surface area (Å²) < 4.78 is 48.8. The van der Waals surface area contributed by atoms with Gasteiger partial charge in [-0.15, -0.1) is 0 Å². The zero-order chi connectivity index (χ0) is 44.9. The molecular weight excluding hydrogens is 865 g/mol. The van der Waals surface area contributed by atoms with Crippen molar-refractivity contribution in [1.82, 2.24) is 24.6 Å². The molecule has 3 saturated carbocycles. The first-order valence-corrected chi connectivity index (χ1v) is 26.0. The maximum atomic E-state index is 14.0. The predicted molar refractivity (Wildman–Crippen MR) is 250 cm³/mol. The fourth-order valence-corrected chi connectivity index (χ4v) is 13.0. The molecule has 1 amide bonds. The number of benzene rings is 2. The van der Waals surface area contributed by atoms with E-state index >= 15 is 0 Å². The number of nitrogens with zero attached hydrogens (tertiary/aromatic N) is 5. The maximum absolute atomic E-state index is 14.0. The average Bonchev–Trinajstić information content (AvgIpc) is 4.04. The van der Waals surface area contributed by atoms with Crippen molar-refractivity contribution in [3.8, 4) is 11.5 Å². The number of nitro groups is 1. The van der Waals surface area contributed by atoms with E-state index in [1.165, 1.54) is 30.2 Å². The van der Waals surface area contributed by atoms with Crippen molar-refractivity contribution < 1.29 is 27.1 Å². The summed E-state index contributed by atoms with van der Waals surface area (Å²) in [7, 11) is -5.42. The van der Waals surface area contributed by atoms with E-state index in [9.17, 15) is 27.5 Å². The Balaban J connectivity index is 0.840. The van der Waals surface area contributed by atoms with Gasteiger partial charge in [0, 0.05) is 90.0 Å². The molecule has 342 valence electrons. The summed E-state index contributed by atoms with van der Waals surface area (Å²) in [5.74, 6) is 2.57. The molecule has 2 saturated heterocycles. The number of rotatable bonds is 13. The highest BCUT2D eigenvalue weighted by atomic mass is 32.2. The molecule has 3 aliphatic carbocycles. The van der Waals surface area contributed by atoms with Crippen molar-refractivity contribution in [3.05, 3.63) is 106 Å². The van der Waals surface area contributed by atoms with E-state index in [0.717, 1.165) is 100 Å². The number of carbonyl (C=O) groups is 1. The van der Waals surface area contributed by atoms with Crippen LogP contribution in [0.1, 0.15) is 105 Å². The highest BCUT2D eigenvalue weighted by molar-refractivity contribution is 7.90. The summed E-state index contributed by atoms with van der Waals surface area (Å²) in [6.07, 6.45) is 15.2. The van der Waals surface area contributed by atoms with E-state index in [4.69, 9.17) is 4.74 Å². The molecule has 1 unspecified atom stereocenters. The monoisotopic (exact) mass is 920 g/mol. The van der Waals surface area contributed by atoms with Gasteiger partial charge < -0.3 is 19.9 Å². The second-order valence-electron chi connectivity index (χ2n) is 19.1. The number of fused-ring (bicyclic) bond motifs is 1. The minimum absolute atomic E-state index is 0.0151. The summed E-state index contributed by atoms with van der Waals surface area (Å²) in [6, 6.07) is 19.2. The molecule has 15 nitrogen and oxygen atoms in total. The van der Waals surface area contributed by atoms with Crippen molar-refractivity contribution in [2.45, 2.75) is 94.0 Å². The first-order valence-electron chi connectivity index (χ1n) is 23.1. The van der Waals surface area contributed by atoms with Crippen molar-refractivity contribution in [3.63, 3.8) is 0 Å². The third kappa shape index (κ3) is 9.24. The molecule has 5 aromatic rings. The topological polar surface area (TPSA) is 193 Å². The van der Waals surface area contributed by atoms with Gasteiger partial charge in [-0.3, -0.25) is 24.0 Å². The Morgan fingerprint density at radius 1 is 0.969 bits per heavy atom. The lowest BCUT2D eigenvalue weighted by Crippen LogP contribution is -2.58. The second-order valence-corrected chi connectivity index (χ2v) is 22.4. The molecular formula is C48H56N8O7S2. The quantitative estimate of drug-likeness (QED) is 0.0755. The number of hydrogen-bond acceptors (Lipinski definition) is 12. The third-order valence-corrected chi connectivity index (χ3v) is 17.4. The van der Waals surface area contributed by atoms with Gasteiger partial charge in [0.1, 0.15) is 22.0 Å². The molecule has 0 bridgehead atoms. The van der Waals surface area contributed by atoms with Gasteiger partial charge in [0.15, 0.2) is 0 Å². The molecule has 65 heavy (non-hydrogen) atoms. The van der Waals surface area contributed by atoms with Gasteiger partial charge in [-0.05, 0) is 110 Å². The number of aromatic amines is 1. The highest BCUT2D eigenvalue weighted by Crippen LogP contribution is 2.54. The zero-order valence-corrected chi connectivity index (χ0v) is 38.2. The fraction of sp³-hybridized carbons (Fsp3) is 0.479. The van der Waals surface area contributed by atoms with E-state index in [1.807, 2.05) is 6.07 Å². The summed E-state index contributed by atoms with van der Waals surface area (Å²) in [5.41, 5.74) is 4.02. The van der Waals surface area contributed by atoms with Crippen LogP contribution in [0.3, 0.4) is 0 Å². The Hall–Kier alpha value is -5.39. The molecule has 2 aliphatic heterocycles. The maximum Gasteiger partial charge on any atom is 0.312 e. The number of carbonyl (C=O) groups excluding carboxylic acids is 1. The smallest absolute Gasteiger partial charge is 0.312 e. The van der Waals surface area contributed by atoms with Gasteiger partial charge in [0.25, 0.3) is 15.9 Å². The number of anilines is 2. The molecule has 5 aliphatic rings. The molecule has 5 fully saturated rings. The fourth-order valence-electron chi connectivity index (χ4n) is 10.8. The predicted octanol–water partition coefficient (Wildman–Crippen LogP) is 8.45. The van der Waals surface area contributed by atoms with Crippen LogP contribution >= 0.6 is 0 Å². The van der Waals surface area contributed by atoms with Crippen LogP contribution in [0.4, 0.5) is 17.2 Å². The number of nitrogens with one attached hydrogen (secondary N) is 3. The van der Waals surface area contributed by atoms with Crippen LogP contribution in [0.5, 0.6) is 11.5 Å². The van der Waals surface area contributed by atoms with Gasteiger partial charge in [-0.25, -0.2) is 23.1 Å². The zero-order valence-electron chi connectivity index (χ0n) is 36.6. The summed E-state index contributed by atoms with van der Waals surface area (Å²) in [4.78, 5) is 41.5. The standard InChI is InChI=1S/C48H56N8O7S2/c1-31-6-8-32(9-7-31)27-50-46-42(56(58)59)24-38(29-52-46)65(61,62)53-47(57)41-13-12-35(23-44(41)63-37-22-34-14-17-49-45(34)51-28-37)54-18-15-48(16-19-54)25-36(26-48)55-20-21-64(60)30-43(55)40-5-3-2-4-39(40)33-10-11-33/h2-5,12-14,17,22-24,28-29,31-33,36,43H,6-11,15-16,18-21,25-27,30H2,1H3,(H,49,51)(H,50,52)(H,53,57)/t31?,32?,43-,64?/m0/s1. The Labute approximate surface area is 381 Å². The normalized spacial score (nSPS) is 23.8. The Morgan fingerprint density at radius 3 is 2.49 bits per heavy atom. The first-order chi connectivity index (χ1) is 31.4. The molecule has 3 N–H and O–H groups in total. The van der Waals surface area contributed by atoms with Crippen LogP contribution in [0, 0.1) is 27.4 Å². The van der Waals surface area contributed by atoms with Gasteiger partial charge in [-0.2, -0.15) is 0 Å². The number of ether oxygens (including phenoxy) is 1. The number of H-pyrrole nitrogens is 1. The van der Waals surface area contributed by atoms with Crippen LogP contribution in [0.15, 0.2) is 84.1 Å². The Morgan fingerprint density at radius 2 is 1.74 bits per heavy atom. The molecule has 2 atom stereocenters. The van der Waals surface area contributed by atoms with Crippen molar-refractivity contribution in [2.75, 3.05) is 47.9 Å². The minimum Gasteiger partial charge on any atom is -0.455 e. The number of hydrogen-bond donors (Lipinski definition) is 3. The lowest BCUT2D eigenvalue weighted by atomic mass is 9.59. The van der Waals surface area contributed by atoms with Crippen LogP contribution < -0.4 is 19.7 Å². The number of pyridine rings is 2. The van der Waals surface area contributed by atoms with E-state index < -0.39 is 42.2 Å². The lowest BCUT2D eigenvalue weighted by Gasteiger charge is -2.57. The molecule has 0 radical (unpaired) electrons. The number of sulfonamides is 1. The lowest BCUT2D eigenvalue weighted by molar-refractivity contribution is -0.384. The van der Waals surface area contributed by atoms with Crippen LogP contribution in [-0.2, 0) is 20.8 Å². The van der Waals surface area contributed by atoms with Crippen molar-refractivity contribution in [1.29, 1.82) is 0 Å².